The zero-order valence-electron chi connectivity index (χ0n) is 7.82. The summed E-state index contributed by atoms with van der Waals surface area (Å²) >= 11 is 0. The van der Waals surface area contributed by atoms with Crippen LogP contribution in [0.15, 0.2) is 0 Å². The maximum atomic E-state index is 11.3. The molecule has 2 rings (SSSR count). The lowest BCUT2D eigenvalue weighted by Gasteiger charge is -2.42. The van der Waals surface area contributed by atoms with Crippen LogP contribution in [0.5, 0.6) is 0 Å². The zero-order chi connectivity index (χ0) is 9.42. The van der Waals surface area contributed by atoms with Crippen molar-refractivity contribution in [3.05, 3.63) is 0 Å². The average Bonchev–Trinajstić information content (AvgIpc) is 2.33. The predicted molar refractivity (Wildman–Crippen MR) is 47.0 cm³/mol. The lowest BCUT2D eigenvalue weighted by molar-refractivity contribution is -0.144. The van der Waals surface area contributed by atoms with Crippen LogP contribution >= 0.6 is 0 Å². The molecule has 0 aromatic rings. The molecular formula is C9H14N2O2. The van der Waals surface area contributed by atoms with Gasteiger partial charge in [-0.05, 0) is 6.54 Å². The van der Waals surface area contributed by atoms with Gasteiger partial charge in [-0.3, -0.25) is 19.4 Å². The second kappa shape index (κ2) is 3.10. The summed E-state index contributed by atoms with van der Waals surface area (Å²) in [6, 6.07) is 0.169. The van der Waals surface area contributed by atoms with Gasteiger partial charge in [0, 0.05) is 25.9 Å². The van der Waals surface area contributed by atoms with Crippen molar-refractivity contribution in [3.8, 4) is 0 Å². The first kappa shape index (κ1) is 8.69. The number of likely N-dealkylation sites (tertiary alicyclic amines) is 2. The largest absolute Gasteiger partial charge is 0.299 e. The van der Waals surface area contributed by atoms with Gasteiger partial charge >= 0.3 is 0 Å². The van der Waals surface area contributed by atoms with Crippen LogP contribution in [0, 0.1) is 0 Å². The van der Waals surface area contributed by atoms with Gasteiger partial charge in [0.2, 0.25) is 11.8 Å². The topological polar surface area (TPSA) is 40.6 Å². The molecule has 2 fully saturated rings. The summed E-state index contributed by atoms with van der Waals surface area (Å²) < 4.78 is 0. The summed E-state index contributed by atoms with van der Waals surface area (Å²) in [5.74, 6) is 0.0384. The van der Waals surface area contributed by atoms with E-state index in [9.17, 15) is 9.59 Å². The van der Waals surface area contributed by atoms with Crippen LogP contribution in [0.3, 0.4) is 0 Å². The van der Waals surface area contributed by atoms with Crippen molar-refractivity contribution in [2.75, 3.05) is 19.6 Å². The Morgan fingerprint density at radius 1 is 1.23 bits per heavy atom. The van der Waals surface area contributed by atoms with Gasteiger partial charge in [0.1, 0.15) is 0 Å². The number of carbonyl (C=O) groups is 2. The molecule has 2 aliphatic heterocycles. The summed E-state index contributed by atoms with van der Waals surface area (Å²) in [5.41, 5.74) is 0. The molecular weight excluding hydrogens is 168 g/mol. The molecule has 0 atom stereocenters. The third kappa shape index (κ3) is 1.35. The van der Waals surface area contributed by atoms with E-state index in [0.29, 0.717) is 12.8 Å². The maximum absolute atomic E-state index is 11.3. The third-order valence-electron chi connectivity index (χ3n) is 2.84. The van der Waals surface area contributed by atoms with Crippen molar-refractivity contribution in [2.24, 2.45) is 0 Å². The molecule has 0 spiro atoms. The summed E-state index contributed by atoms with van der Waals surface area (Å²) in [5, 5.41) is 0. The Labute approximate surface area is 77.5 Å². The highest BCUT2D eigenvalue weighted by Gasteiger charge is 2.40. The maximum Gasteiger partial charge on any atom is 0.230 e. The molecule has 0 aromatic carbocycles. The summed E-state index contributed by atoms with van der Waals surface area (Å²) in [4.78, 5) is 26.3. The molecule has 4 heteroatoms. The number of imide groups is 1. The van der Waals surface area contributed by atoms with Crippen molar-refractivity contribution in [1.82, 2.24) is 9.80 Å². The van der Waals surface area contributed by atoms with E-state index in [1.807, 2.05) is 0 Å². The van der Waals surface area contributed by atoms with Crippen molar-refractivity contribution in [3.63, 3.8) is 0 Å². The van der Waals surface area contributed by atoms with Crippen LogP contribution in [-0.2, 0) is 9.59 Å². The number of rotatable bonds is 2. The Bertz CT molecular complexity index is 230. The van der Waals surface area contributed by atoms with Crippen molar-refractivity contribution < 1.29 is 9.59 Å². The van der Waals surface area contributed by atoms with Gasteiger partial charge in [-0.2, -0.15) is 0 Å². The molecule has 2 aliphatic rings. The molecule has 0 radical (unpaired) electrons. The Balaban J connectivity index is 1.95. The van der Waals surface area contributed by atoms with E-state index in [2.05, 4.69) is 11.8 Å². The molecule has 72 valence electrons. The van der Waals surface area contributed by atoms with E-state index in [1.54, 1.807) is 0 Å². The van der Waals surface area contributed by atoms with Gasteiger partial charge < -0.3 is 0 Å². The van der Waals surface area contributed by atoms with Gasteiger partial charge in [-0.15, -0.1) is 0 Å². The zero-order valence-corrected chi connectivity index (χ0v) is 7.82. The van der Waals surface area contributed by atoms with Crippen LogP contribution in [0.4, 0.5) is 0 Å². The SMILES string of the molecule is CCN1CC(N2C(=O)CCC2=O)C1. The molecule has 2 saturated heterocycles. The van der Waals surface area contributed by atoms with Crippen LogP contribution in [0.1, 0.15) is 19.8 Å². The molecule has 0 saturated carbocycles. The fraction of sp³-hybridized carbons (Fsp3) is 0.778. The Hall–Kier alpha value is -0.900. The number of hydrogen-bond donors (Lipinski definition) is 0. The van der Waals surface area contributed by atoms with Crippen molar-refractivity contribution >= 4 is 11.8 Å². The van der Waals surface area contributed by atoms with Crippen LogP contribution in [0.2, 0.25) is 0 Å². The first-order valence-corrected chi connectivity index (χ1v) is 4.79. The third-order valence-corrected chi connectivity index (χ3v) is 2.84. The summed E-state index contributed by atoms with van der Waals surface area (Å²) in [6.07, 6.45) is 0.836. The Morgan fingerprint density at radius 3 is 2.23 bits per heavy atom. The Morgan fingerprint density at radius 2 is 1.77 bits per heavy atom. The normalized spacial score (nSPS) is 25.5. The lowest BCUT2D eigenvalue weighted by Crippen LogP contribution is -2.60. The van der Waals surface area contributed by atoms with Gasteiger partial charge in [-0.1, -0.05) is 6.92 Å². The van der Waals surface area contributed by atoms with E-state index < -0.39 is 0 Å². The fourth-order valence-electron chi connectivity index (χ4n) is 1.97. The summed E-state index contributed by atoms with van der Waals surface area (Å²) in [6.45, 7) is 4.83. The van der Waals surface area contributed by atoms with Gasteiger partial charge in [0.05, 0.1) is 6.04 Å². The van der Waals surface area contributed by atoms with E-state index in [0.717, 1.165) is 19.6 Å². The number of hydrogen-bond acceptors (Lipinski definition) is 3. The molecule has 4 nitrogen and oxygen atoms in total. The molecule has 0 N–H and O–H groups in total. The highest BCUT2D eigenvalue weighted by Crippen LogP contribution is 2.21. The molecule has 0 aliphatic carbocycles. The fourth-order valence-corrected chi connectivity index (χ4v) is 1.97. The lowest BCUT2D eigenvalue weighted by atomic mass is 10.1. The van der Waals surface area contributed by atoms with E-state index in [1.165, 1.54) is 4.90 Å². The van der Waals surface area contributed by atoms with Crippen LogP contribution in [-0.4, -0.2) is 47.3 Å². The molecule has 0 aromatic heterocycles. The minimum Gasteiger partial charge on any atom is -0.299 e. The molecule has 2 amide bonds. The average molecular weight is 182 g/mol. The minimum atomic E-state index is 0.0192. The molecule has 0 bridgehead atoms. The first-order chi connectivity index (χ1) is 6.22. The second-order valence-electron chi connectivity index (χ2n) is 3.66. The number of likely N-dealkylation sites (N-methyl/N-ethyl adjacent to an activating group) is 1. The Kier molecular flexibility index (Phi) is 2.07. The predicted octanol–water partition coefficient (Wildman–Crippen LogP) is -0.161. The minimum absolute atomic E-state index is 0.0192. The molecule has 2 heterocycles. The first-order valence-electron chi connectivity index (χ1n) is 4.79. The van der Waals surface area contributed by atoms with Crippen molar-refractivity contribution in [2.45, 2.75) is 25.8 Å². The van der Waals surface area contributed by atoms with Crippen LogP contribution in [0.25, 0.3) is 0 Å². The van der Waals surface area contributed by atoms with E-state index in [4.69, 9.17) is 0 Å². The highest BCUT2D eigenvalue weighted by molar-refractivity contribution is 6.02. The number of nitrogens with zero attached hydrogens (tertiary/aromatic N) is 2. The van der Waals surface area contributed by atoms with Gasteiger partial charge in [0.15, 0.2) is 0 Å². The number of carbonyl (C=O) groups excluding carboxylic acids is 2. The number of amides is 2. The van der Waals surface area contributed by atoms with Crippen molar-refractivity contribution in [1.29, 1.82) is 0 Å². The standard InChI is InChI=1S/C9H14N2O2/c1-2-10-5-7(6-10)11-8(12)3-4-9(11)13/h7H,2-6H2,1H3. The second-order valence-corrected chi connectivity index (χ2v) is 3.66. The highest BCUT2D eigenvalue weighted by atomic mass is 16.2. The quantitative estimate of drug-likeness (QED) is 0.557. The van der Waals surface area contributed by atoms with Crippen LogP contribution < -0.4 is 0 Å². The van der Waals surface area contributed by atoms with Gasteiger partial charge in [-0.25, -0.2) is 0 Å². The van der Waals surface area contributed by atoms with E-state index in [-0.39, 0.29) is 17.9 Å². The smallest absolute Gasteiger partial charge is 0.230 e. The molecule has 13 heavy (non-hydrogen) atoms. The summed E-state index contributed by atoms with van der Waals surface area (Å²) in [7, 11) is 0. The monoisotopic (exact) mass is 182 g/mol. The molecule has 0 unspecified atom stereocenters. The van der Waals surface area contributed by atoms with Gasteiger partial charge in [0.25, 0.3) is 0 Å². The van der Waals surface area contributed by atoms with E-state index >= 15 is 0 Å².